The van der Waals surface area contributed by atoms with Crippen molar-refractivity contribution in [1.82, 2.24) is 0 Å². The molecule has 0 amide bonds. The molecule has 1 heteroatoms. The largest absolute Gasteiger partial charge is 0.456 e. The molecule has 31 heavy (non-hydrogen) atoms. The van der Waals surface area contributed by atoms with E-state index in [9.17, 15) is 0 Å². The van der Waals surface area contributed by atoms with E-state index in [1.165, 1.54) is 49.0 Å². The maximum Gasteiger partial charge on any atom is 0.135 e. The molecule has 1 nitrogen and oxygen atoms in total. The van der Waals surface area contributed by atoms with Crippen LogP contribution in [0.1, 0.15) is 0 Å². The Labute approximate surface area is 180 Å². The first kappa shape index (κ1) is 16.7. The average molecular weight is 394 g/mol. The molecule has 1 aliphatic heterocycles. The molecular formula is C30H18O. The van der Waals surface area contributed by atoms with Gasteiger partial charge in [0.25, 0.3) is 0 Å². The average Bonchev–Trinajstić information content (AvgIpc) is 2.84. The van der Waals surface area contributed by atoms with Crippen LogP contribution in [-0.2, 0) is 0 Å². The van der Waals surface area contributed by atoms with E-state index in [4.69, 9.17) is 4.74 Å². The summed E-state index contributed by atoms with van der Waals surface area (Å²) in [6, 6.07) is 39.0. The zero-order valence-corrected chi connectivity index (χ0v) is 16.8. The van der Waals surface area contributed by atoms with E-state index in [0.29, 0.717) is 0 Å². The van der Waals surface area contributed by atoms with E-state index < -0.39 is 0 Å². The number of hydrogen-bond acceptors (Lipinski definition) is 1. The molecule has 6 aromatic rings. The summed E-state index contributed by atoms with van der Waals surface area (Å²) < 4.78 is 6.36. The van der Waals surface area contributed by atoms with Gasteiger partial charge in [0, 0.05) is 10.9 Å². The lowest BCUT2D eigenvalue weighted by molar-refractivity contribution is 0.487. The van der Waals surface area contributed by atoms with Crippen LogP contribution in [0.3, 0.4) is 0 Å². The lowest BCUT2D eigenvalue weighted by Crippen LogP contribution is -1.98. The highest BCUT2D eigenvalue weighted by atomic mass is 16.5. The minimum absolute atomic E-state index is 0.917. The number of ether oxygens (including phenoxy) is 1. The molecule has 0 N–H and O–H groups in total. The van der Waals surface area contributed by atoms with Gasteiger partial charge in [-0.15, -0.1) is 0 Å². The van der Waals surface area contributed by atoms with Crippen LogP contribution >= 0.6 is 0 Å². The first-order valence-corrected chi connectivity index (χ1v) is 10.6. The molecule has 0 saturated carbocycles. The highest BCUT2D eigenvalue weighted by Gasteiger charge is 2.22. The van der Waals surface area contributed by atoms with Crippen molar-refractivity contribution in [3.05, 3.63) is 109 Å². The third-order valence-electron chi connectivity index (χ3n) is 6.42. The molecule has 0 aliphatic carbocycles. The zero-order valence-electron chi connectivity index (χ0n) is 16.8. The summed E-state index contributed by atoms with van der Waals surface area (Å²) >= 11 is 0. The van der Waals surface area contributed by atoms with E-state index >= 15 is 0 Å². The Morgan fingerprint density at radius 2 is 1.16 bits per heavy atom. The van der Waals surface area contributed by atoms with Gasteiger partial charge in [0.15, 0.2) is 0 Å². The van der Waals surface area contributed by atoms with Crippen LogP contribution in [0.4, 0.5) is 0 Å². The van der Waals surface area contributed by atoms with Crippen LogP contribution in [0.15, 0.2) is 109 Å². The predicted octanol–water partition coefficient (Wildman–Crippen LogP) is 8.59. The van der Waals surface area contributed by atoms with Crippen LogP contribution in [0.2, 0.25) is 0 Å². The van der Waals surface area contributed by atoms with E-state index in [2.05, 4.69) is 109 Å². The van der Waals surface area contributed by atoms with Crippen LogP contribution in [0.5, 0.6) is 11.5 Å². The lowest BCUT2D eigenvalue weighted by atomic mass is 9.89. The topological polar surface area (TPSA) is 9.23 Å². The Balaban J connectivity index is 1.50. The molecule has 7 rings (SSSR count). The maximum atomic E-state index is 6.36. The van der Waals surface area contributed by atoms with E-state index in [1.54, 1.807) is 0 Å². The summed E-state index contributed by atoms with van der Waals surface area (Å²) in [6.45, 7) is 0. The van der Waals surface area contributed by atoms with E-state index in [0.717, 1.165) is 17.1 Å². The van der Waals surface area contributed by atoms with Crippen LogP contribution in [0.25, 0.3) is 54.6 Å². The Kier molecular flexibility index (Phi) is 3.33. The van der Waals surface area contributed by atoms with Crippen molar-refractivity contribution in [3.63, 3.8) is 0 Å². The van der Waals surface area contributed by atoms with Gasteiger partial charge < -0.3 is 4.74 Å². The van der Waals surface area contributed by atoms with Crippen molar-refractivity contribution in [1.29, 1.82) is 0 Å². The fraction of sp³-hybridized carbons (Fsp3) is 0. The highest BCUT2D eigenvalue weighted by molar-refractivity contribution is 6.17. The van der Waals surface area contributed by atoms with Crippen molar-refractivity contribution in [2.24, 2.45) is 0 Å². The molecule has 0 spiro atoms. The third kappa shape index (κ3) is 2.44. The van der Waals surface area contributed by atoms with E-state index in [1.807, 2.05) is 0 Å². The molecule has 1 heterocycles. The van der Waals surface area contributed by atoms with Gasteiger partial charge in [0.1, 0.15) is 11.5 Å². The molecule has 0 bridgehead atoms. The van der Waals surface area contributed by atoms with Gasteiger partial charge >= 0.3 is 0 Å². The first-order valence-electron chi connectivity index (χ1n) is 10.6. The fourth-order valence-corrected chi connectivity index (χ4v) is 4.92. The van der Waals surface area contributed by atoms with Gasteiger partial charge in [-0.3, -0.25) is 0 Å². The minimum Gasteiger partial charge on any atom is -0.456 e. The normalized spacial score (nSPS) is 12.1. The summed E-state index contributed by atoms with van der Waals surface area (Å²) in [5, 5.41) is 7.48. The monoisotopic (exact) mass is 394 g/mol. The number of hydrogen-bond donors (Lipinski definition) is 0. The molecule has 144 valence electrons. The van der Waals surface area contributed by atoms with Crippen LogP contribution in [-0.4, -0.2) is 0 Å². The van der Waals surface area contributed by atoms with Gasteiger partial charge in [-0.1, -0.05) is 78.9 Å². The van der Waals surface area contributed by atoms with Gasteiger partial charge in [0.05, 0.1) is 0 Å². The van der Waals surface area contributed by atoms with Crippen molar-refractivity contribution in [2.75, 3.05) is 0 Å². The Morgan fingerprint density at radius 1 is 0.419 bits per heavy atom. The van der Waals surface area contributed by atoms with Crippen molar-refractivity contribution in [2.45, 2.75) is 0 Å². The smallest absolute Gasteiger partial charge is 0.135 e. The Bertz CT molecular complexity index is 1660. The highest BCUT2D eigenvalue weighted by Crippen LogP contribution is 2.49. The molecule has 0 unspecified atom stereocenters. The molecule has 0 saturated heterocycles. The SMILES string of the molecule is c1ccc2cc(-c3ccc4c(c3)-c3cc5ccccc5c5cccc(c35)O4)ccc2c1. The second kappa shape index (κ2) is 6.20. The Hall–Kier alpha value is -4.10. The summed E-state index contributed by atoms with van der Waals surface area (Å²) in [5.74, 6) is 1.85. The summed E-state index contributed by atoms with van der Waals surface area (Å²) in [4.78, 5) is 0. The molecule has 1 aliphatic rings. The standard InChI is InChI=1S/C30H18O/c1-2-7-20-16-21(13-12-19(20)6-1)22-14-15-28-26(17-22)27-18-23-8-3-4-9-24(23)25-10-5-11-29(31-28)30(25)27/h1-18H. The predicted molar refractivity (Wildman–Crippen MR) is 130 cm³/mol. The minimum atomic E-state index is 0.917. The van der Waals surface area contributed by atoms with Gasteiger partial charge in [-0.25, -0.2) is 0 Å². The second-order valence-electron chi connectivity index (χ2n) is 8.20. The third-order valence-corrected chi connectivity index (χ3v) is 6.42. The Morgan fingerprint density at radius 3 is 2.10 bits per heavy atom. The van der Waals surface area contributed by atoms with Gasteiger partial charge in [-0.05, 0) is 74.0 Å². The van der Waals surface area contributed by atoms with Crippen LogP contribution in [0, 0.1) is 0 Å². The molecule has 0 radical (unpaired) electrons. The van der Waals surface area contributed by atoms with Gasteiger partial charge in [0.2, 0.25) is 0 Å². The summed E-state index contributed by atoms with van der Waals surface area (Å²) in [7, 11) is 0. The number of fused-ring (bicyclic) bond motifs is 5. The quantitative estimate of drug-likeness (QED) is 0.253. The fourth-order valence-electron chi connectivity index (χ4n) is 4.92. The molecule has 0 aromatic heterocycles. The maximum absolute atomic E-state index is 6.36. The van der Waals surface area contributed by atoms with Crippen molar-refractivity contribution < 1.29 is 4.74 Å². The number of rotatable bonds is 1. The van der Waals surface area contributed by atoms with Crippen molar-refractivity contribution in [3.8, 4) is 33.8 Å². The van der Waals surface area contributed by atoms with E-state index in [-0.39, 0.29) is 0 Å². The first-order chi connectivity index (χ1) is 15.3. The molecule has 0 atom stereocenters. The molecule has 6 aromatic carbocycles. The lowest BCUT2D eigenvalue weighted by Gasteiger charge is -2.23. The zero-order chi connectivity index (χ0) is 20.4. The van der Waals surface area contributed by atoms with Gasteiger partial charge in [-0.2, -0.15) is 0 Å². The van der Waals surface area contributed by atoms with Crippen LogP contribution < -0.4 is 4.74 Å². The summed E-state index contributed by atoms with van der Waals surface area (Å²) in [6.07, 6.45) is 0. The summed E-state index contributed by atoms with van der Waals surface area (Å²) in [5.41, 5.74) is 4.82. The second-order valence-corrected chi connectivity index (χ2v) is 8.20. The van der Waals surface area contributed by atoms with Crippen molar-refractivity contribution >= 4 is 32.3 Å². The number of benzene rings is 6. The molecular weight excluding hydrogens is 376 g/mol. The molecule has 0 fully saturated rings.